The van der Waals surface area contributed by atoms with Crippen molar-refractivity contribution in [3.63, 3.8) is 0 Å². The van der Waals surface area contributed by atoms with Gasteiger partial charge in [-0.1, -0.05) is 35.9 Å². The van der Waals surface area contributed by atoms with Crippen molar-refractivity contribution in [1.82, 2.24) is 4.90 Å². The molecule has 0 unspecified atom stereocenters. The van der Waals surface area contributed by atoms with E-state index in [-0.39, 0.29) is 30.3 Å². The van der Waals surface area contributed by atoms with Crippen LogP contribution >= 0.6 is 11.6 Å². The maximum atomic E-state index is 14.1. The maximum Gasteiger partial charge on any atom is 0.248 e. The summed E-state index contributed by atoms with van der Waals surface area (Å²) in [5, 5.41) is 0.344. The van der Waals surface area contributed by atoms with E-state index < -0.39 is 0 Å². The minimum absolute atomic E-state index is 0.0269. The molecule has 2 heterocycles. The molecule has 0 radical (unpaired) electrons. The summed E-state index contributed by atoms with van der Waals surface area (Å²) >= 11 is 6.14. The van der Waals surface area contributed by atoms with Gasteiger partial charge < -0.3 is 14.5 Å². The topological polar surface area (TPSA) is 32.8 Å². The molecule has 0 aromatic heterocycles. The number of benzene rings is 2. The molecule has 2 aromatic rings. The molecule has 2 fully saturated rings. The maximum absolute atomic E-state index is 14.1. The van der Waals surface area contributed by atoms with Crippen LogP contribution in [0.15, 0.2) is 48.5 Å². The molecule has 4 nitrogen and oxygen atoms in total. The molecule has 0 atom stereocenters. The van der Waals surface area contributed by atoms with Gasteiger partial charge in [0.2, 0.25) is 5.91 Å². The van der Waals surface area contributed by atoms with Crippen molar-refractivity contribution in [3.8, 4) is 0 Å². The van der Waals surface area contributed by atoms with Gasteiger partial charge in [-0.2, -0.15) is 0 Å². The quantitative estimate of drug-likeness (QED) is 0.826. The van der Waals surface area contributed by atoms with E-state index in [0.717, 1.165) is 18.8 Å². The van der Waals surface area contributed by atoms with E-state index in [1.807, 2.05) is 18.2 Å². The second-order valence-electron chi connectivity index (χ2n) is 7.13. The van der Waals surface area contributed by atoms with Crippen molar-refractivity contribution in [2.24, 2.45) is 5.41 Å². The molecule has 2 saturated heterocycles. The fourth-order valence-electron chi connectivity index (χ4n) is 3.78. The largest absolute Gasteiger partial charge is 0.371 e. The second-order valence-corrected chi connectivity index (χ2v) is 7.54. The highest BCUT2D eigenvalue weighted by Crippen LogP contribution is 2.37. The SMILES string of the molecule is O=C1COCC2(CN1Cc1c(F)cccc1Cl)CN(c1ccccc1)C2. The first-order valence-electron chi connectivity index (χ1n) is 8.65. The Bertz CT molecular complexity index is 788. The Kier molecular flexibility index (Phi) is 4.59. The highest BCUT2D eigenvalue weighted by molar-refractivity contribution is 6.31. The zero-order valence-electron chi connectivity index (χ0n) is 14.3. The van der Waals surface area contributed by atoms with Crippen molar-refractivity contribution in [2.45, 2.75) is 6.54 Å². The first kappa shape index (κ1) is 17.3. The van der Waals surface area contributed by atoms with E-state index in [9.17, 15) is 9.18 Å². The fourth-order valence-corrected chi connectivity index (χ4v) is 4.00. The molecule has 1 spiro atoms. The van der Waals surface area contributed by atoms with E-state index >= 15 is 0 Å². The average Bonchev–Trinajstić information content (AvgIpc) is 2.77. The molecule has 2 aromatic carbocycles. The zero-order chi connectivity index (χ0) is 18.1. The summed E-state index contributed by atoms with van der Waals surface area (Å²) in [4.78, 5) is 16.4. The summed E-state index contributed by atoms with van der Waals surface area (Å²) in [6.07, 6.45) is 0. The van der Waals surface area contributed by atoms with Crippen LogP contribution in [0.5, 0.6) is 0 Å². The lowest BCUT2D eigenvalue weighted by Crippen LogP contribution is -2.62. The van der Waals surface area contributed by atoms with Gasteiger partial charge in [-0.05, 0) is 24.3 Å². The number of para-hydroxylation sites is 1. The molecule has 136 valence electrons. The first-order valence-corrected chi connectivity index (χ1v) is 9.03. The van der Waals surface area contributed by atoms with Crippen LogP contribution in [0.25, 0.3) is 0 Å². The lowest BCUT2D eigenvalue weighted by molar-refractivity contribution is -0.134. The Labute approximate surface area is 157 Å². The summed E-state index contributed by atoms with van der Waals surface area (Å²) in [7, 11) is 0. The van der Waals surface area contributed by atoms with Crippen LogP contribution in [0.2, 0.25) is 5.02 Å². The van der Waals surface area contributed by atoms with E-state index in [2.05, 4.69) is 17.0 Å². The van der Waals surface area contributed by atoms with Crippen molar-refractivity contribution in [3.05, 3.63) is 64.9 Å². The van der Waals surface area contributed by atoms with E-state index in [1.165, 1.54) is 6.07 Å². The second kappa shape index (κ2) is 6.89. The molecule has 0 N–H and O–H groups in total. The van der Waals surface area contributed by atoms with Gasteiger partial charge in [0.15, 0.2) is 0 Å². The third-order valence-electron chi connectivity index (χ3n) is 5.10. The molecule has 6 heteroatoms. The predicted molar refractivity (Wildman–Crippen MR) is 98.7 cm³/mol. The minimum atomic E-state index is -0.385. The van der Waals surface area contributed by atoms with Crippen LogP contribution in [-0.4, -0.2) is 43.7 Å². The number of carbonyl (C=O) groups excluding carboxylic acids is 1. The molecular weight excluding hydrogens is 355 g/mol. The third-order valence-corrected chi connectivity index (χ3v) is 5.45. The minimum Gasteiger partial charge on any atom is -0.371 e. The van der Waals surface area contributed by atoms with E-state index in [4.69, 9.17) is 16.3 Å². The molecule has 0 bridgehead atoms. The number of halogens is 2. The summed E-state index contributed by atoms with van der Waals surface area (Å²) in [6, 6.07) is 14.8. The predicted octanol–water partition coefficient (Wildman–Crippen LogP) is 3.34. The molecule has 0 aliphatic carbocycles. The molecule has 1 amide bonds. The normalized spacial score (nSPS) is 19.4. The Morgan fingerprint density at radius 3 is 2.58 bits per heavy atom. The van der Waals surface area contributed by atoms with Crippen LogP contribution < -0.4 is 4.90 Å². The van der Waals surface area contributed by atoms with Gasteiger partial charge in [0.05, 0.1) is 13.2 Å². The fraction of sp³-hybridized carbons (Fsp3) is 0.350. The number of nitrogens with zero attached hydrogens (tertiary/aromatic N) is 2. The van der Waals surface area contributed by atoms with E-state index in [0.29, 0.717) is 23.7 Å². The number of anilines is 1. The van der Waals surface area contributed by atoms with Gasteiger partial charge >= 0.3 is 0 Å². The number of ether oxygens (including phenoxy) is 1. The lowest BCUT2D eigenvalue weighted by atomic mass is 9.79. The Morgan fingerprint density at radius 2 is 1.85 bits per heavy atom. The number of carbonyl (C=O) groups is 1. The van der Waals surface area contributed by atoms with Crippen molar-refractivity contribution < 1.29 is 13.9 Å². The number of rotatable bonds is 3. The van der Waals surface area contributed by atoms with Crippen molar-refractivity contribution in [2.75, 3.05) is 37.7 Å². The smallest absolute Gasteiger partial charge is 0.248 e. The highest BCUT2D eigenvalue weighted by atomic mass is 35.5. The number of amides is 1. The summed E-state index contributed by atoms with van der Waals surface area (Å²) in [6.45, 7) is 2.89. The van der Waals surface area contributed by atoms with Gasteiger partial charge in [0.1, 0.15) is 12.4 Å². The molecule has 4 rings (SSSR count). The van der Waals surface area contributed by atoms with Gasteiger partial charge in [-0.15, -0.1) is 0 Å². The summed E-state index contributed by atoms with van der Waals surface area (Å²) in [5.41, 5.74) is 1.40. The first-order chi connectivity index (χ1) is 12.6. The Hall–Kier alpha value is -2.11. The molecule has 0 saturated carbocycles. The highest BCUT2D eigenvalue weighted by Gasteiger charge is 2.47. The Morgan fingerprint density at radius 1 is 1.08 bits per heavy atom. The van der Waals surface area contributed by atoms with Crippen molar-refractivity contribution in [1.29, 1.82) is 0 Å². The van der Waals surface area contributed by atoms with Gasteiger partial charge in [0.25, 0.3) is 0 Å². The average molecular weight is 375 g/mol. The molecular formula is C20H20ClFN2O2. The van der Waals surface area contributed by atoms with Crippen molar-refractivity contribution >= 4 is 23.2 Å². The van der Waals surface area contributed by atoms with Gasteiger partial charge in [-0.25, -0.2) is 4.39 Å². The monoisotopic (exact) mass is 374 g/mol. The lowest BCUT2D eigenvalue weighted by Gasteiger charge is -2.51. The van der Waals surface area contributed by atoms with Crippen LogP contribution in [0, 0.1) is 11.2 Å². The third kappa shape index (κ3) is 3.29. The Balaban J connectivity index is 1.50. The molecule has 26 heavy (non-hydrogen) atoms. The van der Waals surface area contributed by atoms with Gasteiger partial charge in [0, 0.05) is 41.3 Å². The van der Waals surface area contributed by atoms with Crippen LogP contribution in [0.3, 0.4) is 0 Å². The number of hydrogen-bond acceptors (Lipinski definition) is 3. The zero-order valence-corrected chi connectivity index (χ0v) is 15.1. The van der Waals surface area contributed by atoms with Crippen LogP contribution in [0.4, 0.5) is 10.1 Å². The van der Waals surface area contributed by atoms with E-state index in [1.54, 1.807) is 17.0 Å². The molecule has 2 aliphatic rings. The summed E-state index contributed by atoms with van der Waals surface area (Å²) < 4.78 is 19.8. The standard InChI is InChI=1S/C20H20ClFN2O2/c21-17-7-4-8-18(22)16(17)9-23-11-20(14-26-10-19(23)25)12-24(13-20)15-5-2-1-3-6-15/h1-8H,9-14H2. The number of hydrogen-bond donors (Lipinski definition) is 0. The molecule has 2 aliphatic heterocycles. The van der Waals surface area contributed by atoms with Gasteiger partial charge in [-0.3, -0.25) is 4.79 Å². The van der Waals surface area contributed by atoms with Crippen LogP contribution in [-0.2, 0) is 16.1 Å². The summed E-state index contributed by atoms with van der Waals surface area (Å²) in [5.74, 6) is -0.511. The van der Waals surface area contributed by atoms with Crippen LogP contribution in [0.1, 0.15) is 5.56 Å².